The fourth-order valence-electron chi connectivity index (χ4n) is 4.36. The van der Waals surface area contributed by atoms with Crippen molar-refractivity contribution >= 4 is 47.7 Å². The molecule has 0 aliphatic heterocycles. The molecule has 0 heterocycles. The van der Waals surface area contributed by atoms with Gasteiger partial charge in [-0.2, -0.15) is 0 Å². The van der Waals surface area contributed by atoms with Gasteiger partial charge in [-0.15, -0.1) is 13.8 Å². The Bertz CT molecular complexity index is 1260. The van der Waals surface area contributed by atoms with Crippen LogP contribution in [-0.2, 0) is 20.4 Å². The molecule has 0 nitrogen and oxygen atoms in total. The summed E-state index contributed by atoms with van der Waals surface area (Å²) in [5.74, 6) is 0. The van der Waals surface area contributed by atoms with Crippen molar-refractivity contribution in [3.8, 4) is 0 Å². The minimum Gasteiger partial charge on any atom is -0.367 e. The normalized spacial score (nSPS) is 10.5. The maximum absolute atomic E-state index is 3.66. The number of hydrogen-bond donors (Lipinski definition) is 0. The first kappa shape index (κ1) is 35.3. The monoisotopic (exact) mass is 700 g/mol. The molecule has 6 aromatic carbocycles. The van der Waals surface area contributed by atoms with E-state index in [1.54, 1.807) is 0 Å². The Hall–Kier alpha value is -3.16. The molecule has 0 spiro atoms. The molecule has 3 heteroatoms. The Morgan fingerprint density at radius 3 is 0.545 bits per heavy atom. The molecule has 0 bridgehead atoms. The number of hydrogen-bond acceptors (Lipinski definition) is 0. The van der Waals surface area contributed by atoms with Gasteiger partial charge in [0.1, 0.15) is 0 Å². The van der Waals surface area contributed by atoms with Crippen molar-refractivity contribution in [3.63, 3.8) is 0 Å². The van der Waals surface area contributed by atoms with Gasteiger partial charge in [0.05, 0.1) is 0 Å². The van der Waals surface area contributed by atoms with E-state index in [0.29, 0.717) is 0 Å². The molecule has 0 atom stereocenters. The van der Waals surface area contributed by atoms with E-state index < -0.39 is 15.8 Å². The van der Waals surface area contributed by atoms with Gasteiger partial charge in [0, 0.05) is 0 Å². The topological polar surface area (TPSA) is 0 Å². The van der Waals surface area contributed by atoms with E-state index in [2.05, 4.69) is 196 Å². The molecular weight excluding hydrogens is 661 g/mol. The summed E-state index contributed by atoms with van der Waals surface area (Å²) in [5, 5.41) is 8.39. The van der Waals surface area contributed by atoms with Gasteiger partial charge in [-0.25, -0.2) is 0 Å². The standard InChI is InChI=1S/2C18H15P.C5H10.Pd/c2*1-4-10-16(11-5-1)19(17-12-6-2-7-13-17)18-14-8-3-9-15-18;1-5(2,3)4;/h2*1-15H;1-2H2,3-4H3;/q;;-2;+2. The molecule has 0 amide bonds. The van der Waals surface area contributed by atoms with Crippen LogP contribution in [0.5, 0.6) is 0 Å². The Morgan fingerprint density at radius 1 is 0.318 bits per heavy atom. The molecule has 0 unspecified atom stereocenters. The Labute approximate surface area is 281 Å². The predicted molar refractivity (Wildman–Crippen MR) is 195 cm³/mol. The second-order valence-electron chi connectivity index (χ2n) is 10.8. The Kier molecular flexibility index (Phi) is 14.9. The van der Waals surface area contributed by atoms with E-state index in [-0.39, 0.29) is 25.8 Å². The summed E-state index contributed by atoms with van der Waals surface area (Å²) in [6.45, 7) is 11.2. The summed E-state index contributed by atoms with van der Waals surface area (Å²) in [5.41, 5.74) is 0. The maximum Gasteiger partial charge on any atom is 2.00 e. The van der Waals surface area contributed by atoms with E-state index in [1.807, 2.05) is 13.8 Å². The van der Waals surface area contributed by atoms with E-state index in [1.165, 1.54) is 31.8 Å². The van der Waals surface area contributed by atoms with E-state index in [0.717, 1.165) is 0 Å². The van der Waals surface area contributed by atoms with Crippen LogP contribution in [-0.4, -0.2) is 0 Å². The van der Waals surface area contributed by atoms with Crippen molar-refractivity contribution in [2.75, 3.05) is 0 Å². The fraction of sp³-hybridized carbons (Fsp3) is 0.0732. The van der Waals surface area contributed by atoms with Crippen molar-refractivity contribution in [2.45, 2.75) is 13.8 Å². The number of rotatable bonds is 6. The Balaban J connectivity index is 0.000000205. The third-order valence-electron chi connectivity index (χ3n) is 6.09. The zero-order valence-corrected chi connectivity index (χ0v) is 28.8. The van der Waals surface area contributed by atoms with Crippen LogP contribution >= 0.6 is 15.8 Å². The van der Waals surface area contributed by atoms with Crippen molar-refractivity contribution in [3.05, 3.63) is 196 Å². The molecule has 6 aromatic rings. The van der Waals surface area contributed by atoms with Crippen LogP contribution in [0.4, 0.5) is 0 Å². The molecule has 0 aliphatic carbocycles. The molecule has 0 aliphatic rings. The average molecular weight is 701 g/mol. The minimum atomic E-state index is -0.446. The third-order valence-corrected chi connectivity index (χ3v) is 11.0. The summed E-state index contributed by atoms with van der Waals surface area (Å²) >= 11 is 0. The molecule has 224 valence electrons. The molecule has 0 fully saturated rings. The van der Waals surface area contributed by atoms with Gasteiger partial charge >= 0.3 is 20.4 Å². The third kappa shape index (κ3) is 11.7. The molecule has 0 N–H and O–H groups in total. The van der Waals surface area contributed by atoms with Crippen LogP contribution < -0.4 is 31.8 Å². The molecule has 0 radical (unpaired) electrons. The smallest absolute Gasteiger partial charge is 0.367 e. The van der Waals surface area contributed by atoms with Crippen LogP contribution in [0.2, 0.25) is 0 Å². The molecule has 0 saturated heterocycles. The molecule has 0 aromatic heterocycles. The van der Waals surface area contributed by atoms with Crippen molar-refractivity contribution in [2.24, 2.45) is 5.41 Å². The second kappa shape index (κ2) is 18.6. The first-order valence-electron chi connectivity index (χ1n) is 14.5. The quantitative estimate of drug-likeness (QED) is 0.0929. The average Bonchev–Trinajstić information content (AvgIpc) is 3.04. The molecular formula is C41H40P2Pd. The van der Waals surface area contributed by atoms with E-state index >= 15 is 0 Å². The van der Waals surface area contributed by atoms with Crippen LogP contribution in [0.15, 0.2) is 182 Å². The fourth-order valence-corrected chi connectivity index (χ4v) is 8.97. The van der Waals surface area contributed by atoms with Gasteiger partial charge in [0.2, 0.25) is 0 Å². The Morgan fingerprint density at radius 2 is 0.432 bits per heavy atom. The molecule has 0 saturated carbocycles. The van der Waals surface area contributed by atoms with Crippen molar-refractivity contribution in [1.82, 2.24) is 0 Å². The van der Waals surface area contributed by atoms with Crippen LogP contribution in [0.1, 0.15) is 13.8 Å². The zero-order chi connectivity index (χ0) is 30.3. The van der Waals surface area contributed by atoms with Gasteiger partial charge in [0.15, 0.2) is 0 Å². The van der Waals surface area contributed by atoms with Crippen LogP contribution in [0, 0.1) is 19.3 Å². The second-order valence-corrected chi connectivity index (χ2v) is 15.3. The largest absolute Gasteiger partial charge is 2.00 e. The van der Waals surface area contributed by atoms with Gasteiger partial charge in [-0.1, -0.05) is 182 Å². The predicted octanol–water partition coefficient (Wildman–Crippen LogP) is 8.57. The van der Waals surface area contributed by atoms with Crippen LogP contribution in [0.3, 0.4) is 0 Å². The summed E-state index contributed by atoms with van der Waals surface area (Å²) < 4.78 is 0. The van der Waals surface area contributed by atoms with Crippen molar-refractivity contribution in [1.29, 1.82) is 0 Å². The van der Waals surface area contributed by atoms with Gasteiger partial charge in [-0.05, 0) is 47.7 Å². The maximum atomic E-state index is 3.66. The number of benzene rings is 6. The molecule has 44 heavy (non-hydrogen) atoms. The summed E-state index contributed by atoms with van der Waals surface area (Å²) in [6, 6.07) is 64.7. The van der Waals surface area contributed by atoms with E-state index in [4.69, 9.17) is 0 Å². The van der Waals surface area contributed by atoms with E-state index in [9.17, 15) is 0 Å². The van der Waals surface area contributed by atoms with Crippen molar-refractivity contribution < 1.29 is 20.4 Å². The summed E-state index contributed by atoms with van der Waals surface area (Å²) in [4.78, 5) is 0. The minimum absolute atomic E-state index is 0. The first-order chi connectivity index (χ1) is 20.9. The zero-order valence-electron chi connectivity index (χ0n) is 25.4. The molecule has 6 rings (SSSR count). The van der Waals surface area contributed by atoms with Crippen LogP contribution in [0.25, 0.3) is 0 Å². The van der Waals surface area contributed by atoms with Gasteiger partial charge in [-0.3, -0.25) is 5.41 Å². The SMILES string of the molecule is [CH2-]C([CH2-])(C)C.[Pd+2].c1ccc(P(c2ccccc2)c2ccccc2)cc1.c1ccc(P(c2ccccc2)c2ccccc2)cc1. The van der Waals surface area contributed by atoms with Gasteiger partial charge in [0.25, 0.3) is 0 Å². The first-order valence-corrected chi connectivity index (χ1v) is 17.2. The van der Waals surface area contributed by atoms with Gasteiger partial charge < -0.3 is 13.8 Å². The summed E-state index contributed by atoms with van der Waals surface area (Å²) in [6.07, 6.45) is 0. The summed E-state index contributed by atoms with van der Waals surface area (Å²) in [7, 11) is -0.892.